The average Bonchev–Trinajstić information content (AvgIpc) is 2.72. The van der Waals surface area contributed by atoms with Crippen molar-refractivity contribution in [1.29, 1.82) is 0 Å². The second-order valence-corrected chi connectivity index (χ2v) is 8.65. The van der Waals surface area contributed by atoms with Gasteiger partial charge in [0.25, 0.3) is 0 Å². The van der Waals surface area contributed by atoms with Crippen molar-refractivity contribution in [3.05, 3.63) is 0 Å². The van der Waals surface area contributed by atoms with Crippen molar-refractivity contribution in [1.82, 2.24) is 10.6 Å². The van der Waals surface area contributed by atoms with E-state index >= 15 is 0 Å². The van der Waals surface area contributed by atoms with E-state index < -0.39 is 60.0 Å². The number of hydrogen-bond donors (Lipinski definition) is 6. The summed E-state index contributed by atoms with van der Waals surface area (Å²) in [5.74, 6) is -3.14. The van der Waals surface area contributed by atoms with Gasteiger partial charge in [-0.15, -0.1) is 13.2 Å². The molecule has 33 heavy (non-hydrogen) atoms. The van der Waals surface area contributed by atoms with Gasteiger partial charge in [0.15, 0.2) is 0 Å². The van der Waals surface area contributed by atoms with Gasteiger partial charge < -0.3 is 41.3 Å². The summed E-state index contributed by atoms with van der Waals surface area (Å²) < 4.78 is 0. The SMILES string of the molecule is CC(C)(C[O-])C(O)C(=O)NCCCC(=O)O.CC(C)(C[O-])C(O)C(=O)NCCCC(=O)O.[Ca+2]. The Morgan fingerprint density at radius 3 is 1.21 bits per heavy atom. The number of aliphatic hydroxyl groups is 2. The molecule has 188 valence electrons. The molecule has 0 saturated heterocycles. The van der Waals surface area contributed by atoms with Crippen molar-refractivity contribution in [2.24, 2.45) is 10.8 Å². The summed E-state index contributed by atoms with van der Waals surface area (Å²) in [4.78, 5) is 43.1. The van der Waals surface area contributed by atoms with Crippen LogP contribution >= 0.6 is 0 Å². The van der Waals surface area contributed by atoms with Gasteiger partial charge in [0.1, 0.15) is 12.2 Å². The maximum atomic E-state index is 11.3. The van der Waals surface area contributed by atoms with Crippen molar-refractivity contribution in [2.75, 3.05) is 26.3 Å². The number of nitrogens with one attached hydrogen (secondary N) is 2. The zero-order valence-corrected chi connectivity index (χ0v) is 22.0. The molecular formula is C20H36CaN2O10. The number of hydrogen-bond acceptors (Lipinski definition) is 8. The second-order valence-electron chi connectivity index (χ2n) is 8.65. The Morgan fingerprint density at radius 1 is 0.727 bits per heavy atom. The normalized spacial score (nSPS) is 12.8. The molecule has 0 bridgehead atoms. The predicted molar refractivity (Wildman–Crippen MR) is 115 cm³/mol. The first kappa shape index (κ1) is 36.5. The van der Waals surface area contributed by atoms with Gasteiger partial charge in [-0.1, -0.05) is 27.7 Å². The number of carboxylic acids is 2. The molecule has 0 fully saturated rings. The third kappa shape index (κ3) is 17.1. The number of amides is 2. The summed E-state index contributed by atoms with van der Waals surface area (Å²) in [5.41, 5.74) is -2.03. The van der Waals surface area contributed by atoms with Crippen LogP contribution in [-0.4, -0.2) is 120 Å². The zero-order valence-electron chi connectivity index (χ0n) is 19.8. The van der Waals surface area contributed by atoms with E-state index in [2.05, 4.69) is 10.6 Å². The maximum absolute atomic E-state index is 11.3. The molecule has 0 aromatic carbocycles. The molecule has 0 aromatic heterocycles. The Labute approximate surface area is 223 Å². The van der Waals surface area contributed by atoms with Gasteiger partial charge in [0, 0.05) is 25.9 Å². The van der Waals surface area contributed by atoms with Crippen LogP contribution in [0.3, 0.4) is 0 Å². The van der Waals surface area contributed by atoms with Crippen molar-refractivity contribution < 1.29 is 49.8 Å². The van der Waals surface area contributed by atoms with Crippen LogP contribution in [0.5, 0.6) is 0 Å². The van der Waals surface area contributed by atoms with Gasteiger partial charge in [0.2, 0.25) is 11.8 Å². The van der Waals surface area contributed by atoms with E-state index in [9.17, 15) is 39.6 Å². The van der Waals surface area contributed by atoms with Gasteiger partial charge in [0.05, 0.1) is 0 Å². The third-order valence-electron chi connectivity index (χ3n) is 4.45. The Morgan fingerprint density at radius 2 is 1.00 bits per heavy atom. The fraction of sp³-hybridized carbons (Fsp3) is 0.800. The Bertz CT molecular complexity index is 562. The first-order chi connectivity index (χ1) is 14.6. The van der Waals surface area contributed by atoms with E-state index in [0.29, 0.717) is 12.8 Å². The molecule has 12 nitrogen and oxygen atoms in total. The van der Waals surface area contributed by atoms with Crippen LogP contribution in [0.15, 0.2) is 0 Å². The van der Waals surface area contributed by atoms with Crippen molar-refractivity contribution in [3.63, 3.8) is 0 Å². The molecule has 13 heteroatoms. The fourth-order valence-corrected chi connectivity index (χ4v) is 1.96. The molecule has 2 amide bonds. The van der Waals surface area contributed by atoms with E-state index in [4.69, 9.17) is 10.2 Å². The standard InChI is InChI=1S/2C10H18NO5.Ca/c2*1-10(2,6-12)8(15)9(16)11-5-3-4-7(13)14;/h2*8,15H,3-6H2,1-2H3,(H,11,16)(H,13,14);/q2*-1;+2. The first-order valence-electron chi connectivity index (χ1n) is 10.1. The first-order valence-corrected chi connectivity index (χ1v) is 10.1. The number of rotatable bonds is 14. The summed E-state index contributed by atoms with van der Waals surface area (Å²) in [6.07, 6.45) is -2.22. The molecule has 0 radical (unpaired) electrons. The monoisotopic (exact) mass is 504 g/mol. The van der Waals surface area contributed by atoms with Crippen LogP contribution in [-0.2, 0) is 19.2 Å². The Hall–Kier alpha value is -1.02. The molecule has 0 aliphatic rings. The zero-order chi connectivity index (χ0) is 25.5. The van der Waals surface area contributed by atoms with E-state index in [0.717, 1.165) is 0 Å². The summed E-state index contributed by atoms with van der Waals surface area (Å²) >= 11 is 0. The van der Waals surface area contributed by atoms with Gasteiger partial charge in [-0.2, -0.15) is 0 Å². The van der Waals surface area contributed by atoms with Crippen LogP contribution in [0.4, 0.5) is 0 Å². The van der Waals surface area contributed by atoms with Crippen LogP contribution in [0.25, 0.3) is 0 Å². The van der Waals surface area contributed by atoms with Gasteiger partial charge in [-0.3, -0.25) is 19.2 Å². The van der Waals surface area contributed by atoms with E-state index in [1.807, 2.05) is 0 Å². The van der Waals surface area contributed by atoms with Gasteiger partial charge in [-0.05, 0) is 23.7 Å². The minimum atomic E-state index is -1.37. The third-order valence-corrected chi connectivity index (χ3v) is 4.45. The summed E-state index contributed by atoms with van der Waals surface area (Å²) in [6, 6.07) is 0. The minimum absolute atomic E-state index is 0. The number of carboxylic acid groups (broad SMARTS) is 2. The molecule has 2 unspecified atom stereocenters. The van der Waals surface area contributed by atoms with Crippen molar-refractivity contribution in [3.8, 4) is 0 Å². The van der Waals surface area contributed by atoms with Crippen LogP contribution in [0.2, 0.25) is 0 Å². The average molecular weight is 505 g/mol. The quantitative estimate of drug-likeness (QED) is 0.104. The summed E-state index contributed by atoms with van der Waals surface area (Å²) in [5, 5.41) is 61.9. The fourth-order valence-electron chi connectivity index (χ4n) is 1.96. The molecule has 0 aliphatic carbocycles. The number of carbonyl (C=O) groups is 4. The minimum Gasteiger partial charge on any atom is -0.854 e. The molecule has 0 heterocycles. The van der Waals surface area contributed by atoms with Gasteiger partial charge in [-0.25, -0.2) is 0 Å². The Balaban J connectivity index is -0.000000529. The van der Waals surface area contributed by atoms with E-state index in [-0.39, 0.29) is 63.7 Å². The molecule has 0 spiro atoms. The summed E-state index contributed by atoms with van der Waals surface area (Å²) in [7, 11) is 0. The second kappa shape index (κ2) is 18.3. The largest absolute Gasteiger partial charge is 2.00 e. The van der Waals surface area contributed by atoms with Crippen LogP contribution < -0.4 is 20.8 Å². The molecule has 0 saturated carbocycles. The van der Waals surface area contributed by atoms with Gasteiger partial charge >= 0.3 is 49.7 Å². The smallest absolute Gasteiger partial charge is 0.854 e. The van der Waals surface area contributed by atoms with Crippen molar-refractivity contribution in [2.45, 2.75) is 65.6 Å². The molecule has 0 aliphatic heterocycles. The number of aliphatic hydroxyl groups excluding tert-OH is 2. The van der Waals surface area contributed by atoms with E-state index in [1.54, 1.807) is 0 Å². The van der Waals surface area contributed by atoms with Crippen LogP contribution in [0, 0.1) is 10.8 Å². The number of aliphatic carboxylic acids is 2. The van der Waals surface area contributed by atoms with E-state index in [1.165, 1.54) is 27.7 Å². The predicted octanol–water partition coefficient (Wildman–Crippen LogP) is -2.95. The molecule has 0 rings (SSSR count). The molecule has 6 N–H and O–H groups in total. The molecular weight excluding hydrogens is 468 g/mol. The summed E-state index contributed by atoms with van der Waals surface area (Å²) in [6.45, 7) is 5.24. The number of carbonyl (C=O) groups excluding carboxylic acids is 2. The van der Waals surface area contributed by atoms with Crippen LogP contribution in [0.1, 0.15) is 53.4 Å². The maximum Gasteiger partial charge on any atom is 2.00 e. The Kier molecular flexibility index (Phi) is 20.3. The van der Waals surface area contributed by atoms with Crippen molar-refractivity contribution >= 4 is 61.5 Å². The molecule has 2 atom stereocenters. The topological polar surface area (TPSA) is 219 Å². The molecule has 0 aromatic rings.